The quantitative estimate of drug-likeness (QED) is 0.518. The average molecular weight is 389 g/mol. The second-order valence-electron chi connectivity index (χ2n) is 5.27. The minimum absolute atomic E-state index is 0.191. The van der Waals surface area contributed by atoms with Crippen molar-refractivity contribution in [2.45, 2.75) is 12.8 Å². The first-order chi connectivity index (χ1) is 11.7. The number of fused-ring (bicyclic) bond motifs is 1. The summed E-state index contributed by atoms with van der Waals surface area (Å²) < 4.78 is 7.10. The molecule has 0 radical (unpaired) electrons. The fourth-order valence-electron chi connectivity index (χ4n) is 2.29. The van der Waals surface area contributed by atoms with Crippen LogP contribution in [0.15, 0.2) is 47.4 Å². The highest BCUT2D eigenvalue weighted by atomic mass is 79.9. The monoisotopic (exact) mass is 388 g/mol. The minimum Gasteiger partial charge on any atom is -0.494 e. The molecular weight excluding hydrogens is 372 g/mol. The third-order valence-electron chi connectivity index (χ3n) is 3.52. The van der Waals surface area contributed by atoms with E-state index in [4.69, 9.17) is 10.5 Å². The standard InChI is InChI=1S/C17H17BrN4O2/c18-8-1-2-10-24-13-5-3-12-4-6-16(20-14(12)11-13)22-9-7-15(19)21-17(22)23/h3-7,9,11H,1-2,8,10H2,(H2,19,21,23). The summed E-state index contributed by atoms with van der Waals surface area (Å²) in [6.45, 7) is 0.665. The van der Waals surface area contributed by atoms with Crippen LogP contribution in [0.2, 0.25) is 0 Å². The molecule has 0 amide bonds. The van der Waals surface area contributed by atoms with Gasteiger partial charge in [0.1, 0.15) is 17.4 Å². The Balaban J connectivity index is 1.90. The zero-order valence-electron chi connectivity index (χ0n) is 13.0. The first-order valence-electron chi connectivity index (χ1n) is 7.62. The molecule has 0 aliphatic rings. The van der Waals surface area contributed by atoms with Gasteiger partial charge in [0, 0.05) is 23.0 Å². The Hall–Kier alpha value is -2.41. The van der Waals surface area contributed by atoms with Crippen LogP contribution >= 0.6 is 15.9 Å². The lowest BCUT2D eigenvalue weighted by atomic mass is 10.2. The molecule has 0 saturated carbocycles. The lowest BCUT2D eigenvalue weighted by Gasteiger charge is -2.08. The Bertz CT molecular complexity index is 910. The molecule has 3 aromatic rings. The Morgan fingerprint density at radius 2 is 1.96 bits per heavy atom. The van der Waals surface area contributed by atoms with Crippen molar-refractivity contribution in [3.63, 3.8) is 0 Å². The van der Waals surface area contributed by atoms with Crippen molar-refractivity contribution in [3.8, 4) is 11.6 Å². The van der Waals surface area contributed by atoms with E-state index in [1.165, 1.54) is 4.57 Å². The maximum absolute atomic E-state index is 11.9. The van der Waals surface area contributed by atoms with E-state index >= 15 is 0 Å². The van der Waals surface area contributed by atoms with E-state index in [2.05, 4.69) is 25.9 Å². The van der Waals surface area contributed by atoms with Gasteiger partial charge in [-0.3, -0.25) is 4.57 Å². The molecular formula is C17H17BrN4O2. The zero-order chi connectivity index (χ0) is 16.9. The number of benzene rings is 1. The first-order valence-corrected chi connectivity index (χ1v) is 8.74. The van der Waals surface area contributed by atoms with Gasteiger partial charge in [-0.25, -0.2) is 9.78 Å². The fraction of sp³-hybridized carbons (Fsp3) is 0.235. The normalized spacial score (nSPS) is 10.9. The van der Waals surface area contributed by atoms with E-state index in [9.17, 15) is 4.79 Å². The predicted molar refractivity (Wildman–Crippen MR) is 98.1 cm³/mol. The van der Waals surface area contributed by atoms with Gasteiger partial charge < -0.3 is 10.5 Å². The molecule has 1 aromatic carbocycles. The van der Waals surface area contributed by atoms with Crippen LogP contribution in [-0.2, 0) is 0 Å². The molecule has 2 aromatic heterocycles. The average Bonchev–Trinajstić information content (AvgIpc) is 2.58. The molecule has 2 N–H and O–H groups in total. The van der Waals surface area contributed by atoms with Gasteiger partial charge in [-0.05, 0) is 43.2 Å². The van der Waals surface area contributed by atoms with Gasteiger partial charge in [0.2, 0.25) is 0 Å². The highest BCUT2D eigenvalue weighted by Gasteiger charge is 2.05. The number of nitrogen functional groups attached to an aromatic ring is 1. The maximum atomic E-state index is 11.9. The molecule has 0 aliphatic carbocycles. The molecule has 0 fully saturated rings. The van der Waals surface area contributed by atoms with Crippen LogP contribution in [0, 0.1) is 0 Å². The van der Waals surface area contributed by atoms with Crippen LogP contribution in [-0.4, -0.2) is 26.5 Å². The van der Waals surface area contributed by atoms with Gasteiger partial charge in [0.15, 0.2) is 0 Å². The highest BCUT2D eigenvalue weighted by molar-refractivity contribution is 9.09. The number of ether oxygens (including phenoxy) is 1. The number of pyridine rings is 1. The first kappa shape index (κ1) is 16.4. The summed E-state index contributed by atoms with van der Waals surface area (Å²) in [6.07, 6.45) is 3.63. The Kier molecular flexibility index (Phi) is 5.10. The third-order valence-corrected chi connectivity index (χ3v) is 4.08. The Labute approximate surface area is 147 Å². The number of hydrogen-bond donors (Lipinski definition) is 1. The number of alkyl halides is 1. The number of hydrogen-bond acceptors (Lipinski definition) is 5. The van der Waals surface area contributed by atoms with Crippen molar-refractivity contribution in [2.75, 3.05) is 17.7 Å². The molecule has 124 valence electrons. The second-order valence-corrected chi connectivity index (χ2v) is 6.07. The summed E-state index contributed by atoms with van der Waals surface area (Å²) in [6, 6.07) is 11.0. The van der Waals surface area contributed by atoms with Crippen molar-refractivity contribution < 1.29 is 4.74 Å². The van der Waals surface area contributed by atoms with Gasteiger partial charge in [-0.2, -0.15) is 4.98 Å². The molecule has 0 saturated heterocycles. The van der Waals surface area contributed by atoms with Crippen molar-refractivity contribution in [2.24, 2.45) is 0 Å². The number of unbranched alkanes of at least 4 members (excludes halogenated alkanes) is 1. The molecule has 7 heteroatoms. The molecule has 6 nitrogen and oxygen atoms in total. The summed E-state index contributed by atoms with van der Waals surface area (Å²) in [4.78, 5) is 20.2. The number of anilines is 1. The summed E-state index contributed by atoms with van der Waals surface area (Å²) in [5, 5.41) is 1.95. The smallest absolute Gasteiger partial charge is 0.355 e. The third kappa shape index (κ3) is 3.73. The number of halogens is 1. The van der Waals surface area contributed by atoms with Crippen LogP contribution in [0.4, 0.5) is 5.82 Å². The molecule has 0 atom stereocenters. The van der Waals surface area contributed by atoms with Crippen LogP contribution in [0.3, 0.4) is 0 Å². The maximum Gasteiger partial charge on any atom is 0.355 e. The lowest BCUT2D eigenvalue weighted by molar-refractivity contribution is 0.310. The van der Waals surface area contributed by atoms with Crippen LogP contribution < -0.4 is 16.2 Å². The van der Waals surface area contributed by atoms with E-state index in [0.717, 1.165) is 34.8 Å². The summed E-state index contributed by atoms with van der Waals surface area (Å²) in [5.41, 5.74) is 5.82. The van der Waals surface area contributed by atoms with Crippen molar-refractivity contribution in [3.05, 3.63) is 53.1 Å². The van der Waals surface area contributed by atoms with E-state index in [0.29, 0.717) is 12.4 Å². The fourth-order valence-corrected chi connectivity index (χ4v) is 2.68. The molecule has 3 rings (SSSR count). The number of nitrogens with zero attached hydrogens (tertiary/aromatic N) is 3. The van der Waals surface area contributed by atoms with Gasteiger partial charge in [-0.15, -0.1) is 0 Å². The van der Waals surface area contributed by atoms with Gasteiger partial charge in [0.05, 0.1) is 12.1 Å². The molecule has 0 bridgehead atoms. The number of aromatic nitrogens is 3. The summed E-state index contributed by atoms with van der Waals surface area (Å²) in [5.74, 6) is 1.46. The topological polar surface area (TPSA) is 83.0 Å². The lowest BCUT2D eigenvalue weighted by Crippen LogP contribution is -2.22. The van der Waals surface area contributed by atoms with E-state index in [1.54, 1.807) is 18.3 Å². The van der Waals surface area contributed by atoms with Crippen molar-refractivity contribution >= 4 is 32.7 Å². The molecule has 0 spiro atoms. The summed E-state index contributed by atoms with van der Waals surface area (Å²) >= 11 is 3.40. The van der Waals surface area contributed by atoms with E-state index in [1.807, 2.05) is 24.3 Å². The summed E-state index contributed by atoms with van der Waals surface area (Å²) in [7, 11) is 0. The molecule has 0 aliphatic heterocycles. The van der Waals surface area contributed by atoms with Crippen molar-refractivity contribution in [1.29, 1.82) is 0 Å². The molecule has 24 heavy (non-hydrogen) atoms. The van der Waals surface area contributed by atoms with Crippen molar-refractivity contribution in [1.82, 2.24) is 14.5 Å². The zero-order valence-corrected chi connectivity index (χ0v) is 14.6. The molecule has 0 unspecified atom stereocenters. The SMILES string of the molecule is Nc1ccn(-c2ccc3ccc(OCCCCBr)cc3n2)c(=O)n1. The number of nitrogens with two attached hydrogens (primary N) is 1. The molecule has 2 heterocycles. The van der Waals surface area contributed by atoms with E-state index < -0.39 is 5.69 Å². The minimum atomic E-state index is -0.455. The number of rotatable bonds is 6. The second kappa shape index (κ2) is 7.44. The Morgan fingerprint density at radius 1 is 1.12 bits per heavy atom. The van der Waals surface area contributed by atoms with Crippen LogP contribution in [0.5, 0.6) is 5.75 Å². The van der Waals surface area contributed by atoms with Gasteiger partial charge in [-0.1, -0.05) is 15.9 Å². The largest absolute Gasteiger partial charge is 0.494 e. The van der Waals surface area contributed by atoms with Crippen LogP contribution in [0.25, 0.3) is 16.7 Å². The van der Waals surface area contributed by atoms with Gasteiger partial charge >= 0.3 is 5.69 Å². The highest BCUT2D eigenvalue weighted by Crippen LogP contribution is 2.21. The van der Waals surface area contributed by atoms with E-state index in [-0.39, 0.29) is 5.82 Å². The van der Waals surface area contributed by atoms with Crippen LogP contribution in [0.1, 0.15) is 12.8 Å². The predicted octanol–water partition coefficient (Wildman–Crippen LogP) is 2.92. The Morgan fingerprint density at radius 3 is 2.75 bits per heavy atom. The van der Waals surface area contributed by atoms with Gasteiger partial charge in [0.25, 0.3) is 0 Å².